The molecule has 3 aromatic heterocycles. The number of ether oxygens (including phenoxy) is 1. The highest BCUT2D eigenvalue weighted by atomic mass is 32.1. The van der Waals surface area contributed by atoms with Gasteiger partial charge in [-0.3, -0.25) is 19.3 Å². The number of primary amides is 1. The summed E-state index contributed by atoms with van der Waals surface area (Å²) in [5, 5.41) is -0.227. The molecule has 18 heteroatoms. The Labute approximate surface area is 314 Å². The number of alkyl halides is 3. The second-order valence-electron chi connectivity index (χ2n) is 16.1. The first-order valence-electron chi connectivity index (χ1n) is 18.6. The Hall–Kier alpha value is -4.58. The van der Waals surface area contributed by atoms with Crippen LogP contribution in [0.4, 0.5) is 32.8 Å². The summed E-state index contributed by atoms with van der Waals surface area (Å²) in [7, 11) is 0. The number of nitrogens with zero attached hydrogens (tertiary/aromatic N) is 6. The van der Waals surface area contributed by atoms with E-state index in [-0.39, 0.29) is 87.3 Å². The molecule has 2 unspecified atom stereocenters. The Morgan fingerprint density at radius 1 is 1.04 bits per heavy atom. The molecule has 4 N–H and O–H groups in total. The molecule has 12 nitrogen and oxygen atoms in total. The highest BCUT2D eigenvalue weighted by Gasteiger charge is 2.65. The Kier molecular flexibility index (Phi) is 7.43. The second kappa shape index (κ2) is 11.7. The Morgan fingerprint density at radius 2 is 1.80 bits per heavy atom. The van der Waals surface area contributed by atoms with Crippen molar-refractivity contribution in [2.24, 2.45) is 11.7 Å². The molecular weight excluding hydrogens is 748 g/mol. The van der Waals surface area contributed by atoms with Gasteiger partial charge in [0.25, 0.3) is 17.4 Å². The number of carbonyl (C=O) groups excluding carboxylic acids is 2. The molecule has 0 bridgehead atoms. The molecule has 7 heterocycles. The zero-order chi connectivity index (χ0) is 38.3. The van der Waals surface area contributed by atoms with Gasteiger partial charge in [-0.25, -0.2) is 22.0 Å². The number of nitrogen functional groups attached to an aromatic ring is 1. The predicted octanol–water partition coefficient (Wildman–Crippen LogP) is 4.76. The molecule has 6 aliphatic rings. The number of rotatable bonds is 8. The number of amides is 2. The molecule has 2 saturated carbocycles. The van der Waals surface area contributed by atoms with Crippen molar-refractivity contribution in [1.29, 1.82) is 0 Å². The van der Waals surface area contributed by atoms with Gasteiger partial charge < -0.3 is 30.6 Å². The molecule has 4 atom stereocenters. The zero-order valence-corrected chi connectivity index (χ0v) is 30.4. The Balaban J connectivity index is 1.14. The summed E-state index contributed by atoms with van der Waals surface area (Å²) < 4.78 is 83.0. The van der Waals surface area contributed by atoms with Crippen LogP contribution in [0.2, 0.25) is 0 Å². The van der Waals surface area contributed by atoms with Gasteiger partial charge in [-0.2, -0.15) is 9.97 Å². The van der Waals surface area contributed by atoms with Crippen molar-refractivity contribution in [2.45, 2.75) is 80.6 Å². The molecule has 4 saturated heterocycles. The van der Waals surface area contributed by atoms with E-state index in [1.54, 1.807) is 4.90 Å². The summed E-state index contributed by atoms with van der Waals surface area (Å²) in [4.78, 5) is 55.2. The number of halogens is 5. The average Bonchev–Trinajstić information content (AvgIpc) is 3.81. The lowest BCUT2D eigenvalue weighted by Gasteiger charge is -2.50. The summed E-state index contributed by atoms with van der Waals surface area (Å²) in [5.41, 5.74) is 9.07. The third-order valence-corrected chi connectivity index (χ3v) is 13.8. The topological polar surface area (TPSA) is 153 Å². The van der Waals surface area contributed by atoms with E-state index in [9.17, 15) is 27.6 Å². The molecule has 0 radical (unpaired) electrons. The molecule has 10 rings (SSSR count). The summed E-state index contributed by atoms with van der Waals surface area (Å²) in [6, 6.07) is 1.71. The summed E-state index contributed by atoms with van der Waals surface area (Å²) in [6.07, 6.45) is 2.31. The fraction of sp³-hybridized carbons (Fsp3) is 0.541. The number of hydrogen-bond donors (Lipinski definition) is 2. The van der Waals surface area contributed by atoms with E-state index in [0.29, 0.717) is 45.2 Å². The lowest BCUT2D eigenvalue weighted by atomic mass is 9.83. The number of likely N-dealkylation sites (tertiary alicyclic amines) is 1. The highest BCUT2D eigenvalue weighted by Crippen LogP contribution is 2.53. The highest BCUT2D eigenvalue weighted by molar-refractivity contribution is 7.23. The van der Waals surface area contributed by atoms with Crippen molar-refractivity contribution in [3.8, 4) is 17.3 Å². The van der Waals surface area contributed by atoms with Crippen LogP contribution in [-0.2, 0) is 4.79 Å². The average molecular weight is 785 g/mol. The summed E-state index contributed by atoms with van der Waals surface area (Å²) in [5.74, 6) is -7.50. The van der Waals surface area contributed by atoms with E-state index in [1.807, 2.05) is 4.90 Å². The number of aromatic nitrogens is 3. The zero-order valence-electron chi connectivity index (χ0n) is 29.6. The molecular formula is C37H37F5N8O4S. The van der Waals surface area contributed by atoms with Gasteiger partial charge in [-0.15, -0.1) is 11.3 Å². The molecule has 4 aromatic rings. The van der Waals surface area contributed by atoms with Crippen molar-refractivity contribution >= 4 is 55.0 Å². The minimum atomic E-state index is -3.02. The van der Waals surface area contributed by atoms with Crippen LogP contribution in [0.1, 0.15) is 67.8 Å². The number of hydrogen-bond acceptors (Lipinski definition) is 10. The van der Waals surface area contributed by atoms with Crippen LogP contribution in [0.5, 0.6) is 6.01 Å². The van der Waals surface area contributed by atoms with E-state index in [4.69, 9.17) is 21.2 Å². The number of carbonyl (C=O) groups is 2. The molecule has 55 heavy (non-hydrogen) atoms. The van der Waals surface area contributed by atoms with Crippen molar-refractivity contribution in [1.82, 2.24) is 24.3 Å². The van der Waals surface area contributed by atoms with Crippen LogP contribution >= 0.6 is 11.3 Å². The number of nitrogens with two attached hydrogens (primary N) is 2. The van der Waals surface area contributed by atoms with E-state index in [2.05, 4.69) is 4.98 Å². The van der Waals surface area contributed by atoms with E-state index >= 15 is 8.78 Å². The fourth-order valence-electron chi connectivity index (χ4n) is 9.74. The van der Waals surface area contributed by atoms with Crippen LogP contribution in [0, 0.1) is 17.6 Å². The minimum absolute atomic E-state index is 0.0164. The van der Waals surface area contributed by atoms with E-state index in [1.165, 1.54) is 15.5 Å². The molecule has 2 aliphatic carbocycles. The van der Waals surface area contributed by atoms with Crippen molar-refractivity contribution < 1.29 is 36.3 Å². The Bertz CT molecular complexity index is 2420. The van der Waals surface area contributed by atoms with Crippen molar-refractivity contribution in [3.05, 3.63) is 39.7 Å². The van der Waals surface area contributed by atoms with Gasteiger partial charge in [0, 0.05) is 56.0 Å². The quantitative estimate of drug-likeness (QED) is 0.241. The Morgan fingerprint density at radius 3 is 2.49 bits per heavy atom. The lowest BCUT2D eigenvalue weighted by Crippen LogP contribution is -2.64. The van der Waals surface area contributed by atoms with Gasteiger partial charge in [-0.05, 0) is 57.2 Å². The van der Waals surface area contributed by atoms with Crippen molar-refractivity contribution in [2.75, 3.05) is 50.0 Å². The predicted molar refractivity (Wildman–Crippen MR) is 193 cm³/mol. The maximum Gasteiger partial charge on any atom is 0.319 e. The van der Waals surface area contributed by atoms with Crippen LogP contribution in [-0.4, -0.2) is 98.7 Å². The first kappa shape index (κ1) is 34.9. The summed E-state index contributed by atoms with van der Waals surface area (Å²) in [6.45, 7) is 1.75. The monoisotopic (exact) mass is 784 g/mol. The molecule has 1 spiro atoms. The number of pyridine rings is 1. The van der Waals surface area contributed by atoms with Gasteiger partial charge in [0.1, 0.15) is 41.2 Å². The summed E-state index contributed by atoms with van der Waals surface area (Å²) >= 11 is 0.788. The van der Waals surface area contributed by atoms with Gasteiger partial charge in [0.2, 0.25) is 5.91 Å². The first-order valence-corrected chi connectivity index (χ1v) is 19.5. The van der Waals surface area contributed by atoms with Crippen LogP contribution in [0.15, 0.2) is 16.9 Å². The van der Waals surface area contributed by atoms with Gasteiger partial charge in [0.05, 0.1) is 32.0 Å². The number of benzene rings is 1. The number of thiophene rings is 1. The fourth-order valence-corrected chi connectivity index (χ4v) is 10.7. The van der Waals surface area contributed by atoms with Crippen LogP contribution in [0.25, 0.3) is 32.2 Å². The second-order valence-corrected chi connectivity index (χ2v) is 17.2. The van der Waals surface area contributed by atoms with E-state index < -0.39 is 70.6 Å². The van der Waals surface area contributed by atoms with E-state index in [0.717, 1.165) is 23.8 Å². The smallest absolute Gasteiger partial charge is 0.319 e. The maximum absolute atomic E-state index is 17.6. The normalized spacial score (nSPS) is 28.4. The standard InChI is InChI=1S/C37H37F5N8O4S/c38-17-12-36(6-1-9-48(36)14-17)16-54-34-45-26-24(31(46-34)47-10-7-35(15-47)8-11-49(35)32(52)20-13-37(20,41)42)33(53)50(18-2-3-18)27(25(26)40)19-4-5-21(39)28-22(19)23(29(43)51)30(44)55-28/h4-5,17-18,20H,1-3,6-16,44H2,(H2,43,51)/t17-,20?,35?,36+/m1/s1. The first-order chi connectivity index (χ1) is 26.2. The largest absolute Gasteiger partial charge is 0.461 e. The lowest BCUT2D eigenvalue weighted by molar-refractivity contribution is -0.149. The number of fused-ring (bicyclic) bond motifs is 3. The van der Waals surface area contributed by atoms with Gasteiger partial charge in [-0.1, -0.05) is 0 Å². The molecule has 4 aliphatic heterocycles. The van der Waals surface area contributed by atoms with Gasteiger partial charge in [0.15, 0.2) is 5.82 Å². The molecule has 2 amide bonds. The molecule has 1 aromatic carbocycles. The van der Waals surface area contributed by atoms with Crippen molar-refractivity contribution in [3.63, 3.8) is 0 Å². The minimum Gasteiger partial charge on any atom is -0.461 e. The SMILES string of the molecule is NC(=O)c1c(N)sc2c(F)ccc(-c3c(F)c4nc(OC[C@@]56CCCN5C[C@H](F)C6)nc(N5CCC6(CCN6C(=O)C6CC6(F)F)C5)c4c(=O)n3C3CC3)c12. The third-order valence-electron chi connectivity index (χ3n) is 12.8. The molecule has 6 fully saturated rings. The van der Waals surface area contributed by atoms with Gasteiger partial charge >= 0.3 is 6.01 Å². The third kappa shape index (κ3) is 5.11. The number of anilines is 2. The maximum atomic E-state index is 17.6. The molecule has 290 valence electrons. The van der Waals surface area contributed by atoms with Crippen LogP contribution in [0.3, 0.4) is 0 Å². The van der Waals surface area contributed by atoms with Crippen LogP contribution < -0.4 is 26.7 Å².